The van der Waals surface area contributed by atoms with Crippen LogP contribution in [0.25, 0.3) is 6.08 Å². The molecule has 0 saturated heterocycles. The van der Waals surface area contributed by atoms with Crippen LogP contribution in [-0.2, 0) is 0 Å². The maximum absolute atomic E-state index is 9.83. The topological polar surface area (TPSA) is 40.5 Å². The van der Waals surface area contributed by atoms with Crippen LogP contribution in [0.1, 0.15) is 42.6 Å². The second-order valence-corrected chi connectivity index (χ2v) is 4.34. The van der Waals surface area contributed by atoms with Gasteiger partial charge in [-0.3, -0.25) is 0 Å². The number of rotatable bonds is 1. The van der Waals surface area contributed by atoms with Gasteiger partial charge in [0.15, 0.2) is 0 Å². The molecule has 0 saturated carbocycles. The van der Waals surface area contributed by atoms with Crippen LogP contribution in [0.15, 0.2) is 24.3 Å². The highest BCUT2D eigenvalue weighted by Gasteiger charge is 2.22. The van der Waals surface area contributed by atoms with E-state index in [0.29, 0.717) is 5.92 Å². The van der Waals surface area contributed by atoms with E-state index in [1.807, 2.05) is 18.2 Å². The average Bonchev–Trinajstić information content (AvgIpc) is 2.23. The Bertz CT molecular complexity index is 394. The Morgan fingerprint density at radius 2 is 1.93 bits per heavy atom. The van der Waals surface area contributed by atoms with Crippen molar-refractivity contribution in [3.63, 3.8) is 0 Å². The van der Waals surface area contributed by atoms with Gasteiger partial charge in [0.05, 0.1) is 0 Å². The highest BCUT2D eigenvalue weighted by Crippen LogP contribution is 2.30. The molecule has 1 aromatic carbocycles. The number of benzene rings is 1. The Kier molecular flexibility index (Phi) is 2.63. The second-order valence-electron chi connectivity index (χ2n) is 4.34. The van der Waals surface area contributed by atoms with Crippen molar-refractivity contribution in [1.82, 2.24) is 0 Å². The van der Waals surface area contributed by atoms with Gasteiger partial charge < -0.3 is 10.2 Å². The maximum Gasteiger partial charge on any atom is 0.109 e. The molecule has 15 heavy (non-hydrogen) atoms. The fraction of sp³-hybridized carbons (Fsp3) is 0.385. The molecule has 0 spiro atoms. The van der Waals surface area contributed by atoms with Crippen LogP contribution in [0.4, 0.5) is 0 Å². The maximum atomic E-state index is 9.83. The van der Waals surface area contributed by atoms with Crippen molar-refractivity contribution in [2.75, 3.05) is 0 Å². The van der Waals surface area contributed by atoms with Crippen LogP contribution in [0.3, 0.4) is 0 Å². The first kappa shape index (κ1) is 10.4. The zero-order valence-electron chi connectivity index (χ0n) is 9.01. The third kappa shape index (κ3) is 1.83. The molecule has 2 rings (SSSR count). The number of fused-ring (bicyclic) bond motifs is 1. The lowest BCUT2D eigenvalue weighted by atomic mass is 9.89. The quantitative estimate of drug-likeness (QED) is 0.736. The summed E-state index contributed by atoms with van der Waals surface area (Å²) in [6.45, 7) is 4.23. The minimum atomic E-state index is -0.788. The number of hydrogen-bond donors (Lipinski definition) is 2. The molecule has 2 unspecified atom stereocenters. The Hall–Kier alpha value is -1.12. The molecular formula is C13H16O2. The smallest absolute Gasteiger partial charge is 0.109 e. The summed E-state index contributed by atoms with van der Waals surface area (Å²) in [4.78, 5) is 0. The SMILES string of the molecule is CC(C)c1ccc2c(c1)C(O)C(O)C=C2. The highest BCUT2D eigenvalue weighted by molar-refractivity contribution is 5.59. The second kappa shape index (κ2) is 3.80. The van der Waals surface area contributed by atoms with Crippen molar-refractivity contribution < 1.29 is 10.2 Å². The zero-order chi connectivity index (χ0) is 11.0. The van der Waals surface area contributed by atoms with Gasteiger partial charge in [0, 0.05) is 0 Å². The van der Waals surface area contributed by atoms with E-state index in [4.69, 9.17) is 0 Å². The first-order valence-corrected chi connectivity index (χ1v) is 5.28. The van der Waals surface area contributed by atoms with Gasteiger partial charge in [0.25, 0.3) is 0 Å². The number of aliphatic hydroxyl groups is 2. The van der Waals surface area contributed by atoms with E-state index in [1.54, 1.807) is 6.08 Å². The predicted octanol–water partition coefficient (Wildman–Crippen LogP) is 2.23. The van der Waals surface area contributed by atoms with Gasteiger partial charge in [-0.2, -0.15) is 0 Å². The number of hydrogen-bond acceptors (Lipinski definition) is 2. The molecule has 0 bridgehead atoms. The average molecular weight is 204 g/mol. The van der Waals surface area contributed by atoms with Gasteiger partial charge in [0.2, 0.25) is 0 Å². The van der Waals surface area contributed by atoms with Crippen molar-refractivity contribution >= 4 is 6.08 Å². The molecule has 2 nitrogen and oxygen atoms in total. The van der Waals surface area contributed by atoms with E-state index in [0.717, 1.165) is 11.1 Å². The van der Waals surface area contributed by atoms with Crippen LogP contribution in [0.2, 0.25) is 0 Å². The summed E-state index contributed by atoms with van der Waals surface area (Å²) in [7, 11) is 0. The summed E-state index contributed by atoms with van der Waals surface area (Å²) in [6, 6.07) is 6.05. The van der Waals surface area contributed by atoms with Gasteiger partial charge in [-0.15, -0.1) is 0 Å². The molecule has 80 valence electrons. The summed E-state index contributed by atoms with van der Waals surface area (Å²) in [5.74, 6) is 0.436. The van der Waals surface area contributed by atoms with Crippen LogP contribution >= 0.6 is 0 Å². The van der Waals surface area contributed by atoms with Crippen LogP contribution in [0, 0.1) is 0 Å². The highest BCUT2D eigenvalue weighted by atomic mass is 16.3. The molecular weight excluding hydrogens is 188 g/mol. The molecule has 1 aromatic rings. The van der Waals surface area contributed by atoms with Crippen LogP contribution in [-0.4, -0.2) is 16.3 Å². The molecule has 0 heterocycles. The molecule has 0 amide bonds. The molecule has 0 fully saturated rings. The normalized spacial score (nSPS) is 24.3. The van der Waals surface area contributed by atoms with E-state index in [-0.39, 0.29) is 0 Å². The molecule has 2 atom stereocenters. The van der Waals surface area contributed by atoms with E-state index in [2.05, 4.69) is 19.9 Å². The minimum Gasteiger partial charge on any atom is -0.386 e. The predicted molar refractivity (Wildman–Crippen MR) is 60.5 cm³/mol. The third-order valence-corrected chi connectivity index (χ3v) is 2.89. The summed E-state index contributed by atoms with van der Waals surface area (Å²) >= 11 is 0. The lowest BCUT2D eigenvalue weighted by molar-refractivity contribution is 0.0469. The largest absolute Gasteiger partial charge is 0.386 e. The minimum absolute atomic E-state index is 0.436. The molecule has 1 aliphatic rings. The van der Waals surface area contributed by atoms with Crippen molar-refractivity contribution in [2.45, 2.75) is 32.0 Å². The fourth-order valence-corrected chi connectivity index (χ4v) is 1.85. The third-order valence-electron chi connectivity index (χ3n) is 2.89. The van der Waals surface area contributed by atoms with Gasteiger partial charge in [0.1, 0.15) is 12.2 Å². The van der Waals surface area contributed by atoms with E-state index >= 15 is 0 Å². The molecule has 0 radical (unpaired) electrons. The first-order valence-electron chi connectivity index (χ1n) is 5.28. The van der Waals surface area contributed by atoms with Crippen molar-refractivity contribution in [2.24, 2.45) is 0 Å². The summed E-state index contributed by atoms with van der Waals surface area (Å²) in [5.41, 5.74) is 3.02. The molecule has 0 aliphatic heterocycles. The Labute approximate surface area is 89.9 Å². The monoisotopic (exact) mass is 204 g/mol. The zero-order valence-corrected chi connectivity index (χ0v) is 9.01. The van der Waals surface area contributed by atoms with E-state index < -0.39 is 12.2 Å². The number of aliphatic hydroxyl groups excluding tert-OH is 2. The Morgan fingerprint density at radius 3 is 2.60 bits per heavy atom. The molecule has 0 aromatic heterocycles. The van der Waals surface area contributed by atoms with Crippen molar-refractivity contribution in [3.8, 4) is 0 Å². The van der Waals surface area contributed by atoms with Crippen LogP contribution < -0.4 is 0 Å². The Morgan fingerprint density at radius 1 is 1.20 bits per heavy atom. The van der Waals surface area contributed by atoms with Gasteiger partial charge >= 0.3 is 0 Å². The molecule has 1 aliphatic carbocycles. The summed E-state index contributed by atoms with van der Waals surface area (Å²) < 4.78 is 0. The first-order chi connectivity index (χ1) is 7.09. The van der Waals surface area contributed by atoms with Gasteiger partial charge in [-0.1, -0.05) is 44.2 Å². The molecule has 2 heteroatoms. The van der Waals surface area contributed by atoms with Gasteiger partial charge in [-0.05, 0) is 22.6 Å². The fourth-order valence-electron chi connectivity index (χ4n) is 1.85. The van der Waals surface area contributed by atoms with Crippen molar-refractivity contribution in [3.05, 3.63) is 41.0 Å². The lowest BCUT2D eigenvalue weighted by Crippen LogP contribution is -2.19. The van der Waals surface area contributed by atoms with E-state index in [9.17, 15) is 10.2 Å². The van der Waals surface area contributed by atoms with E-state index in [1.165, 1.54) is 5.56 Å². The lowest BCUT2D eigenvalue weighted by Gasteiger charge is -2.23. The van der Waals surface area contributed by atoms with Crippen molar-refractivity contribution in [1.29, 1.82) is 0 Å². The van der Waals surface area contributed by atoms with Crippen LogP contribution in [0.5, 0.6) is 0 Å². The summed E-state index contributed by atoms with van der Waals surface area (Å²) in [5, 5.41) is 19.4. The van der Waals surface area contributed by atoms with Gasteiger partial charge in [-0.25, -0.2) is 0 Å². The summed E-state index contributed by atoms with van der Waals surface area (Å²) in [6.07, 6.45) is 1.92. The Balaban J connectivity index is 2.47. The standard InChI is InChI=1S/C13H16O2/c1-8(2)10-4-3-9-5-6-12(14)13(15)11(9)7-10/h3-8,12-15H,1-2H3. The molecule has 2 N–H and O–H groups in total.